The van der Waals surface area contributed by atoms with E-state index in [-0.39, 0.29) is 0 Å². The van der Waals surface area contributed by atoms with E-state index < -0.39 is 0 Å². The lowest BCUT2D eigenvalue weighted by Crippen LogP contribution is -2.63. The Labute approximate surface area is 64.0 Å². The average molecular weight is 138 g/mol. The molecule has 3 aliphatic carbocycles. The van der Waals surface area contributed by atoms with Crippen molar-refractivity contribution < 1.29 is 0 Å². The zero-order valence-electron chi connectivity index (χ0n) is 7.35. The van der Waals surface area contributed by atoms with Crippen LogP contribution >= 0.6 is 0 Å². The zero-order valence-corrected chi connectivity index (χ0v) is 7.35. The summed E-state index contributed by atoms with van der Waals surface area (Å²) in [5.41, 5.74) is 0.833. The molecule has 0 heteroatoms. The highest BCUT2D eigenvalue weighted by molar-refractivity contribution is 5.13. The Morgan fingerprint density at radius 3 is 2.20 bits per heavy atom. The fourth-order valence-corrected chi connectivity index (χ4v) is 3.05. The Kier molecular flexibility index (Phi) is 1.19. The van der Waals surface area contributed by atoms with E-state index >= 15 is 0 Å². The van der Waals surface area contributed by atoms with E-state index in [1.54, 1.807) is 12.8 Å². The highest BCUT2D eigenvalue weighted by Crippen LogP contribution is 2.72. The van der Waals surface area contributed by atoms with Gasteiger partial charge in [0.2, 0.25) is 0 Å². The van der Waals surface area contributed by atoms with E-state index in [0.29, 0.717) is 0 Å². The maximum atomic E-state index is 2.45. The summed E-state index contributed by atoms with van der Waals surface area (Å²) in [7, 11) is 0. The van der Waals surface area contributed by atoms with E-state index in [0.717, 1.165) is 23.2 Å². The minimum Gasteiger partial charge on any atom is -0.0651 e. The van der Waals surface area contributed by atoms with Crippen LogP contribution in [0.5, 0.6) is 0 Å². The minimum absolute atomic E-state index is 0.833. The van der Waals surface area contributed by atoms with Gasteiger partial charge in [0.25, 0.3) is 0 Å². The van der Waals surface area contributed by atoms with Gasteiger partial charge in [0.05, 0.1) is 0 Å². The molecule has 2 bridgehead atoms. The highest BCUT2D eigenvalue weighted by Gasteiger charge is 2.64. The van der Waals surface area contributed by atoms with Crippen molar-refractivity contribution in [2.75, 3.05) is 0 Å². The third kappa shape index (κ3) is 0.500. The molecule has 0 radical (unpaired) electrons. The summed E-state index contributed by atoms with van der Waals surface area (Å²) in [5, 5.41) is 0. The second-order valence-corrected chi connectivity index (χ2v) is 4.50. The van der Waals surface area contributed by atoms with E-state index in [2.05, 4.69) is 20.8 Å². The van der Waals surface area contributed by atoms with Gasteiger partial charge in [0, 0.05) is 0 Å². The van der Waals surface area contributed by atoms with Gasteiger partial charge in [-0.15, -0.1) is 0 Å². The summed E-state index contributed by atoms with van der Waals surface area (Å²) in [6.07, 6.45) is 4.50. The SMILES string of the molecule is CCC(C)C12CC(C1)C2C. The Morgan fingerprint density at radius 1 is 1.50 bits per heavy atom. The average Bonchev–Trinajstić information content (AvgIpc) is 1.84. The van der Waals surface area contributed by atoms with Crippen molar-refractivity contribution in [2.24, 2.45) is 23.2 Å². The molecule has 0 spiro atoms. The fraction of sp³-hybridized carbons (Fsp3) is 1.00. The number of hydrogen-bond donors (Lipinski definition) is 0. The standard InChI is InChI=1S/C10H18/c1-4-7(2)10-5-9(6-10)8(10)3/h7-9H,4-6H2,1-3H3. The Morgan fingerprint density at radius 2 is 2.10 bits per heavy atom. The second-order valence-electron chi connectivity index (χ2n) is 4.50. The summed E-state index contributed by atoms with van der Waals surface area (Å²) in [5.74, 6) is 3.20. The van der Waals surface area contributed by atoms with Gasteiger partial charge in [-0.05, 0) is 36.0 Å². The van der Waals surface area contributed by atoms with E-state index in [1.165, 1.54) is 6.42 Å². The van der Waals surface area contributed by atoms with Crippen molar-refractivity contribution in [1.29, 1.82) is 0 Å². The number of rotatable bonds is 2. The molecule has 0 nitrogen and oxygen atoms in total. The summed E-state index contributed by atoms with van der Waals surface area (Å²) < 4.78 is 0. The second kappa shape index (κ2) is 1.78. The largest absolute Gasteiger partial charge is 0.0651 e. The highest BCUT2D eigenvalue weighted by atomic mass is 14.7. The molecule has 3 saturated carbocycles. The lowest BCUT2D eigenvalue weighted by Gasteiger charge is -2.70. The molecule has 10 heavy (non-hydrogen) atoms. The molecule has 0 aliphatic heterocycles. The molecule has 0 aromatic rings. The van der Waals surface area contributed by atoms with Crippen LogP contribution in [-0.2, 0) is 0 Å². The predicted octanol–water partition coefficient (Wildman–Crippen LogP) is 3.08. The predicted molar refractivity (Wildman–Crippen MR) is 43.8 cm³/mol. The van der Waals surface area contributed by atoms with Crippen molar-refractivity contribution in [3.8, 4) is 0 Å². The summed E-state index contributed by atoms with van der Waals surface area (Å²) >= 11 is 0. The van der Waals surface area contributed by atoms with Gasteiger partial charge in [-0.3, -0.25) is 0 Å². The van der Waals surface area contributed by atoms with Crippen LogP contribution in [0, 0.1) is 23.2 Å². The molecule has 3 aliphatic rings. The third-order valence-corrected chi connectivity index (χ3v) is 4.49. The molecule has 0 aromatic heterocycles. The van der Waals surface area contributed by atoms with Crippen LogP contribution in [0.15, 0.2) is 0 Å². The van der Waals surface area contributed by atoms with Crippen LogP contribution < -0.4 is 0 Å². The smallest absolute Gasteiger partial charge is 0.0238 e. The van der Waals surface area contributed by atoms with Gasteiger partial charge < -0.3 is 0 Å². The van der Waals surface area contributed by atoms with Crippen LogP contribution in [0.25, 0.3) is 0 Å². The van der Waals surface area contributed by atoms with Crippen LogP contribution in [0.1, 0.15) is 40.0 Å². The molecule has 3 fully saturated rings. The molecule has 0 N–H and O–H groups in total. The maximum absolute atomic E-state index is 2.45. The van der Waals surface area contributed by atoms with Crippen molar-refractivity contribution >= 4 is 0 Å². The monoisotopic (exact) mass is 138 g/mol. The van der Waals surface area contributed by atoms with Gasteiger partial charge in [-0.25, -0.2) is 0 Å². The lowest BCUT2D eigenvalue weighted by molar-refractivity contribution is -0.214. The molecule has 58 valence electrons. The summed E-state index contributed by atoms with van der Waals surface area (Å²) in [6, 6.07) is 0. The fourth-order valence-electron chi connectivity index (χ4n) is 3.05. The molecule has 0 amide bonds. The first-order chi connectivity index (χ1) is 4.70. The van der Waals surface area contributed by atoms with Crippen LogP contribution in [0.4, 0.5) is 0 Å². The Balaban J connectivity index is 2.03. The summed E-state index contributed by atoms with van der Waals surface area (Å²) in [6.45, 7) is 7.22. The van der Waals surface area contributed by atoms with Crippen molar-refractivity contribution in [1.82, 2.24) is 0 Å². The Bertz CT molecular complexity index is 142. The van der Waals surface area contributed by atoms with Gasteiger partial charge in [0.1, 0.15) is 0 Å². The number of hydrogen-bond acceptors (Lipinski definition) is 0. The van der Waals surface area contributed by atoms with Crippen molar-refractivity contribution in [3.05, 3.63) is 0 Å². The normalized spacial score (nSPS) is 53.1. The van der Waals surface area contributed by atoms with Crippen molar-refractivity contribution in [2.45, 2.75) is 40.0 Å². The molecule has 0 saturated heterocycles. The summed E-state index contributed by atoms with van der Waals surface area (Å²) in [4.78, 5) is 0. The van der Waals surface area contributed by atoms with Crippen LogP contribution in [0.3, 0.4) is 0 Å². The van der Waals surface area contributed by atoms with Crippen LogP contribution in [0.2, 0.25) is 0 Å². The molecule has 2 unspecified atom stereocenters. The molecular weight excluding hydrogens is 120 g/mol. The van der Waals surface area contributed by atoms with Gasteiger partial charge in [0.15, 0.2) is 0 Å². The molecular formula is C10H18. The first-order valence-corrected chi connectivity index (χ1v) is 4.70. The topological polar surface area (TPSA) is 0 Å². The molecule has 0 heterocycles. The van der Waals surface area contributed by atoms with Crippen molar-refractivity contribution in [3.63, 3.8) is 0 Å². The van der Waals surface area contributed by atoms with Gasteiger partial charge >= 0.3 is 0 Å². The third-order valence-electron chi connectivity index (χ3n) is 4.49. The zero-order chi connectivity index (χ0) is 7.35. The first kappa shape index (κ1) is 6.69. The molecule has 2 atom stereocenters. The maximum Gasteiger partial charge on any atom is -0.0238 e. The van der Waals surface area contributed by atoms with E-state index in [9.17, 15) is 0 Å². The first-order valence-electron chi connectivity index (χ1n) is 4.70. The van der Waals surface area contributed by atoms with Gasteiger partial charge in [-0.1, -0.05) is 27.2 Å². The van der Waals surface area contributed by atoms with E-state index in [1.807, 2.05) is 0 Å². The quantitative estimate of drug-likeness (QED) is 0.550. The molecule has 3 rings (SSSR count). The minimum atomic E-state index is 0.833. The van der Waals surface area contributed by atoms with Gasteiger partial charge in [-0.2, -0.15) is 0 Å². The lowest BCUT2D eigenvalue weighted by atomic mass is 9.34. The van der Waals surface area contributed by atoms with E-state index in [4.69, 9.17) is 0 Å². The molecule has 0 aromatic carbocycles. The Hall–Kier alpha value is 0. The van der Waals surface area contributed by atoms with Crippen LogP contribution in [-0.4, -0.2) is 0 Å².